The Hall–Kier alpha value is -1.58. The van der Waals surface area contributed by atoms with Gasteiger partial charge in [-0.05, 0) is 25.5 Å². The van der Waals surface area contributed by atoms with Crippen LogP contribution in [0.25, 0.3) is 0 Å². The molecule has 1 heterocycles. The van der Waals surface area contributed by atoms with E-state index in [1.807, 2.05) is 6.07 Å². The topological polar surface area (TPSA) is 45.2 Å². The molecular weight excluding hydrogens is 214 g/mol. The SMILES string of the molecule is CCCC(C)Nc1ccnc(C(=O)N(C)C)c1. The van der Waals surface area contributed by atoms with Crippen molar-refractivity contribution in [3.63, 3.8) is 0 Å². The summed E-state index contributed by atoms with van der Waals surface area (Å²) >= 11 is 0. The first-order valence-electron chi connectivity index (χ1n) is 5.98. The maximum Gasteiger partial charge on any atom is 0.272 e. The van der Waals surface area contributed by atoms with Crippen LogP contribution in [0, 0.1) is 0 Å². The third-order valence-corrected chi connectivity index (χ3v) is 2.52. The van der Waals surface area contributed by atoms with E-state index in [1.165, 1.54) is 4.90 Å². The normalized spacial score (nSPS) is 12.0. The number of anilines is 1. The Bertz CT molecular complexity index is 377. The van der Waals surface area contributed by atoms with E-state index in [1.54, 1.807) is 26.4 Å². The van der Waals surface area contributed by atoms with Crippen molar-refractivity contribution in [2.45, 2.75) is 32.7 Å². The summed E-state index contributed by atoms with van der Waals surface area (Å²) in [5, 5.41) is 3.37. The fourth-order valence-corrected chi connectivity index (χ4v) is 1.66. The lowest BCUT2D eigenvalue weighted by Crippen LogP contribution is -2.23. The highest BCUT2D eigenvalue weighted by Crippen LogP contribution is 2.12. The maximum atomic E-state index is 11.7. The van der Waals surface area contributed by atoms with E-state index in [0.29, 0.717) is 11.7 Å². The van der Waals surface area contributed by atoms with Crippen LogP contribution in [0.1, 0.15) is 37.2 Å². The number of nitrogens with one attached hydrogen (secondary N) is 1. The molecule has 4 nitrogen and oxygen atoms in total. The molecule has 1 unspecified atom stereocenters. The second kappa shape index (κ2) is 6.23. The summed E-state index contributed by atoms with van der Waals surface area (Å²) in [5.74, 6) is -0.0724. The summed E-state index contributed by atoms with van der Waals surface area (Å²) in [6.07, 6.45) is 3.92. The molecule has 0 bridgehead atoms. The van der Waals surface area contributed by atoms with Crippen LogP contribution in [0.15, 0.2) is 18.3 Å². The van der Waals surface area contributed by atoms with Gasteiger partial charge in [0.2, 0.25) is 0 Å². The van der Waals surface area contributed by atoms with Crippen LogP contribution in [-0.4, -0.2) is 35.9 Å². The monoisotopic (exact) mass is 235 g/mol. The van der Waals surface area contributed by atoms with Crippen LogP contribution in [0.4, 0.5) is 5.69 Å². The number of rotatable bonds is 5. The maximum absolute atomic E-state index is 11.7. The van der Waals surface area contributed by atoms with Gasteiger partial charge in [0.05, 0.1) is 0 Å². The third-order valence-electron chi connectivity index (χ3n) is 2.52. The molecule has 0 aliphatic carbocycles. The van der Waals surface area contributed by atoms with E-state index >= 15 is 0 Å². The summed E-state index contributed by atoms with van der Waals surface area (Å²) in [5.41, 5.74) is 1.43. The van der Waals surface area contributed by atoms with Crippen LogP contribution >= 0.6 is 0 Å². The zero-order valence-corrected chi connectivity index (χ0v) is 11.0. The molecule has 94 valence electrons. The Balaban J connectivity index is 2.75. The second-order valence-corrected chi connectivity index (χ2v) is 4.46. The number of carbonyl (C=O) groups is 1. The molecule has 0 aromatic carbocycles. The number of aromatic nitrogens is 1. The van der Waals surface area contributed by atoms with Crippen molar-refractivity contribution in [1.82, 2.24) is 9.88 Å². The lowest BCUT2D eigenvalue weighted by atomic mass is 10.2. The fraction of sp³-hybridized carbons (Fsp3) is 0.538. The molecule has 1 rings (SSSR count). The smallest absolute Gasteiger partial charge is 0.272 e. The molecular formula is C13H21N3O. The molecule has 0 radical (unpaired) electrons. The molecule has 0 aliphatic rings. The van der Waals surface area contributed by atoms with E-state index in [0.717, 1.165) is 18.5 Å². The lowest BCUT2D eigenvalue weighted by molar-refractivity contribution is 0.0822. The van der Waals surface area contributed by atoms with E-state index < -0.39 is 0 Å². The minimum Gasteiger partial charge on any atom is -0.382 e. The molecule has 0 aliphatic heterocycles. The average Bonchev–Trinajstić information content (AvgIpc) is 2.28. The predicted octanol–water partition coefficient (Wildman–Crippen LogP) is 2.38. The van der Waals surface area contributed by atoms with Gasteiger partial charge in [-0.15, -0.1) is 0 Å². The van der Waals surface area contributed by atoms with Gasteiger partial charge >= 0.3 is 0 Å². The Morgan fingerprint density at radius 2 is 2.24 bits per heavy atom. The molecule has 0 saturated carbocycles. The summed E-state index contributed by atoms with van der Waals surface area (Å²) < 4.78 is 0. The van der Waals surface area contributed by atoms with E-state index in [-0.39, 0.29) is 5.91 Å². The van der Waals surface area contributed by atoms with Gasteiger partial charge in [-0.1, -0.05) is 13.3 Å². The van der Waals surface area contributed by atoms with Gasteiger partial charge in [0.25, 0.3) is 5.91 Å². The number of hydrogen-bond acceptors (Lipinski definition) is 3. The molecule has 17 heavy (non-hydrogen) atoms. The molecule has 0 spiro atoms. The molecule has 1 N–H and O–H groups in total. The molecule has 0 fully saturated rings. The van der Waals surface area contributed by atoms with Crippen molar-refractivity contribution >= 4 is 11.6 Å². The Morgan fingerprint density at radius 1 is 1.53 bits per heavy atom. The Kier molecular flexibility index (Phi) is 4.94. The van der Waals surface area contributed by atoms with Gasteiger partial charge in [0.1, 0.15) is 5.69 Å². The van der Waals surface area contributed by atoms with Crippen LogP contribution in [0.5, 0.6) is 0 Å². The van der Waals surface area contributed by atoms with Gasteiger partial charge in [0.15, 0.2) is 0 Å². The van der Waals surface area contributed by atoms with Crippen molar-refractivity contribution < 1.29 is 4.79 Å². The lowest BCUT2D eigenvalue weighted by Gasteiger charge is -2.15. The van der Waals surface area contributed by atoms with Crippen molar-refractivity contribution in [2.75, 3.05) is 19.4 Å². The quantitative estimate of drug-likeness (QED) is 0.852. The van der Waals surface area contributed by atoms with E-state index in [2.05, 4.69) is 24.1 Å². The van der Waals surface area contributed by atoms with Crippen LogP contribution in [0.3, 0.4) is 0 Å². The van der Waals surface area contributed by atoms with E-state index in [4.69, 9.17) is 0 Å². The van der Waals surface area contributed by atoms with E-state index in [9.17, 15) is 4.79 Å². The third kappa shape index (κ3) is 4.06. The molecule has 0 saturated heterocycles. The highest BCUT2D eigenvalue weighted by atomic mass is 16.2. The summed E-state index contributed by atoms with van der Waals surface area (Å²) in [7, 11) is 3.45. The van der Waals surface area contributed by atoms with Gasteiger partial charge in [-0.25, -0.2) is 0 Å². The van der Waals surface area contributed by atoms with Gasteiger partial charge in [0, 0.05) is 32.0 Å². The molecule has 4 heteroatoms. The number of amides is 1. The highest BCUT2D eigenvalue weighted by molar-refractivity contribution is 5.92. The first-order valence-corrected chi connectivity index (χ1v) is 5.98. The van der Waals surface area contributed by atoms with Crippen molar-refractivity contribution in [2.24, 2.45) is 0 Å². The van der Waals surface area contributed by atoms with Crippen LogP contribution in [0.2, 0.25) is 0 Å². The Morgan fingerprint density at radius 3 is 2.82 bits per heavy atom. The van der Waals surface area contributed by atoms with Gasteiger partial charge < -0.3 is 10.2 Å². The predicted molar refractivity (Wildman–Crippen MR) is 70.2 cm³/mol. The molecule has 1 amide bonds. The fourth-order valence-electron chi connectivity index (χ4n) is 1.66. The first kappa shape index (κ1) is 13.5. The van der Waals surface area contributed by atoms with Crippen molar-refractivity contribution in [3.8, 4) is 0 Å². The van der Waals surface area contributed by atoms with Gasteiger partial charge in [-0.3, -0.25) is 9.78 Å². The van der Waals surface area contributed by atoms with Gasteiger partial charge in [-0.2, -0.15) is 0 Å². The van der Waals surface area contributed by atoms with Crippen molar-refractivity contribution in [1.29, 1.82) is 0 Å². The van der Waals surface area contributed by atoms with Crippen LogP contribution in [-0.2, 0) is 0 Å². The first-order chi connectivity index (χ1) is 8.04. The number of hydrogen-bond donors (Lipinski definition) is 1. The number of carbonyl (C=O) groups excluding carboxylic acids is 1. The summed E-state index contributed by atoms with van der Waals surface area (Å²) in [6.45, 7) is 4.29. The zero-order valence-electron chi connectivity index (χ0n) is 11.0. The minimum atomic E-state index is -0.0724. The average molecular weight is 235 g/mol. The summed E-state index contributed by atoms with van der Waals surface area (Å²) in [4.78, 5) is 17.4. The number of pyridine rings is 1. The molecule has 1 atom stereocenters. The molecule has 1 aromatic heterocycles. The summed E-state index contributed by atoms with van der Waals surface area (Å²) in [6, 6.07) is 4.09. The zero-order chi connectivity index (χ0) is 12.8. The molecule has 1 aromatic rings. The highest BCUT2D eigenvalue weighted by Gasteiger charge is 2.10. The Labute approximate surface area is 103 Å². The second-order valence-electron chi connectivity index (χ2n) is 4.46. The van der Waals surface area contributed by atoms with Crippen LogP contribution < -0.4 is 5.32 Å². The minimum absolute atomic E-state index is 0.0724. The standard InChI is InChI=1S/C13H21N3O/c1-5-6-10(2)15-11-7-8-14-12(9-11)13(17)16(3)4/h7-10H,5-6H2,1-4H3,(H,14,15). The largest absolute Gasteiger partial charge is 0.382 e. The van der Waals surface area contributed by atoms with Crippen molar-refractivity contribution in [3.05, 3.63) is 24.0 Å². The number of nitrogens with zero attached hydrogens (tertiary/aromatic N) is 2.